The summed E-state index contributed by atoms with van der Waals surface area (Å²) in [5.74, 6) is 0.427. The fourth-order valence-electron chi connectivity index (χ4n) is 2.23. The zero-order valence-electron chi connectivity index (χ0n) is 16.6. The van der Waals surface area contributed by atoms with Crippen molar-refractivity contribution in [1.82, 2.24) is 10.3 Å². The number of benzene rings is 1. The summed E-state index contributed by atoms with van der Waals surface area (Å²) < 4.78 is 6.17. The van der Waals surface area contributed by atoms with Gasteiger partial charge in [-0.05, 0) is 40.3 Å². The van der Waals surface area contributed by atoms with Crippen LogP contribution < -0.4 is 5.32 Å². The van der Waals surface area contributed by atoms with Gasteiger partial charge < -0.3 is 10.1 Å². The summed E-state index contributed by atoms with van der Waals surface area (Å²) in [6.45, 7) is 10.2. The Kier molecular flexibility index (Phi) is 11.3. The van der Waals surface area contributed by atoms with Gasteiger partial charge in [-0.2, -0.15) is 0 Å². The van der Waals surface area contributed by atoms with Crippen LogP contribution in [0.15, 0.2) is 59.8 Å². The summed E-state index contributed by atoms with van der Waals surface area (Å²) in [5, 5.41) is 3.77. The lowest BCUT2D eigenvalue weighted by molar-refractivity contribution is -0.121. The molecule has 1 amide bonds. The van der Waals surface area contributed by atoms with Gasteiger partial charge in [0, 0.05) is 32.5 Å². The Morgan fingerprint density at radius 3 is 2.73 bits per heavy atom. The van der Waals surface area contributed by atoms with Crippen molar-refractivity contribution in [2.75, 3.05) is 19.1 Å². The molecule has 0 spiro atoms. The van der Waals surface area contributed by atoms with Crippen LogP contribution in [0.5, 0.6) is 0 Å². The first-order chi connectivity index (χ1) is 14.5. The molecule has 0 saturated carbocycles. The maximum Gasteiger partial charge on any atom is 0.280 e. The van der Waals surface area contributed by atoms with Crippen LogP contribution in [0.1, 0.15) is 25.3 Å². The molecule has 0 radical (unpaired) electrons. The predicted molar refractivity (Wildman–Crippen MR) is 131 cm³/mol. The van der Waals surface area contributed by atoms with Crippen molar-refractivity contribution < 1.29 is 9.53 Å². The molecule has 1 N–H and O–H groups in total. The Labute approximate surface area is 195 Å². The molecule has 0 aliphatic carbocycles. The van der Waals surface area contributed by atoms with Crippen molar-refractivity contribution in [1.29, 1.82) is 0 Å². The minimum Gasteiger partial charge on any atom is -0.368 e. The lowest BCUT2D eigenvalue weighted by Crippen LogP contribution is -2.29. The lowest BCUT2D eigenvalue weighted by atomic mass is 10.2. The van der Waals surface area contributed by atoms with Crippen LogP contribution >= 0.6 is 45.6 Å². The van der Waals surface area contributed by atoms with Gasteiger partial charge in [-0.15, -0.1) is 0 Å². The van der Waals surface area contributed by atoms with E-state index in [9.17, 15) is 4.79 Å². The zero-order chi connectivity index (χ0) is 21.7. The second-order valence-electron chi connectivity index (χ2n) is 6.29. The molecule has 9 heteroatoms. The van der Waals surface area contributed by atoms with Gasteiger partial charge in [0.2, 0.25) is 5.91 Å². The highest BCUT2D eigenvalue weighted by Crippen LogP contribution is 2.35. The highest BCUT2D eigenvalue weighted by atomic mass is 33.1. The second kappa shape index (κ2) is 13.7. The van der Waals surface area contributed by atoms with Crippen molar-refractivity contribution in [2.24, 2.45) is 0 Å². The third-order valence-electron chi connectivity index (χ3n) is 3.86. The molecular weight excluding hydrogens is 455 g/mol. The summed E-state index contributed by atoms with van der Waals surface area (Å²) in [6, 6.07) is 15.4. The van der Waals surface area contributed by atoms with Gasteiger partial charge in [0.1, 0.15) is 11.0 Å². The molecule has 1 heterocycles. The van der Waals surface area contributed by atoms with E-state index in [1.54, 1.807) is 27.8 Å². The molecule has 2 aromatic rings. The molecule has 5 nitrogen and oxygen atoms in total. The van der Waals surface area contributed by atoms with E-state index in [1.807, 2.05) is 55.5 Å². The number of nitrogens with zero attached hydrogens (tertiary/aromatic N) is 2. The number of nitrogens with one attached hydrogen (secondary N) is 1. The first-order valence-corrected chi connectivity index (χ1v) is 12.8. The fraction of sp³-hybridized carbons (Fsp3) is 0.333. The van der Waals surface area contributed by atoms with E-state index in [-0.39, 0.29) is 12.3 Å². The van der Waals surface area contributed by atoms with Gasteiger partial charge in [0.25, 0.3) is 4.87 Å². The molecular formula is C21H23N3O2S4. The minimum atomic E-state index is -0.764. The van der Waals surface area contributed by atoms with Gasteiger partial charge in [0.15, 0.2) is 0 Å². The molecule has 1 unspecified atom stereocenters. The largest absolute Gasteiger partial charge is 0.368 e. The normalized spacial score (nSPS) is 12.5. The Hall–Kier alpha value is -1.57. The fourth-order valence-corrected chi connectivity index (χ4v) is 5.41. The average Bonchev–Trinajstić information content (AvgIpc) is 2.78. The van der Waals surface area contributed by atoms with Crippen molar-refractivity contribution in [3.8, 4) is 0 Å². The molecule has 0 aliphatic rings. The van der Waals surface area contributed by atoms with E-state index in [0.717, 1.165) is 10.6 Å². The van der Waals surface area contributed by atoms with Gasteiger partial charge in [0.05, 0.1) is 10.8 Å². The first-order valence-electron chi connectivity index (χ1n) is 9.24. The standard InChI is InChI=1S/C21H23N3O2S4/c1-21(22-2,29-20(27)17-8-4-3-5-9-17)12-11-18(25)23-14-15-26-16-28-30-19-10-6-7-13-24-19/h3-10,13H,11-12,14-16H2,1H3,(H,23,25). The average molecular weight is 478 g/mol. The number of aromatic nitrogens is 1. The zero-order valence-corrected chi connectivity index (χ0v) is 19.8. The Balaban J connectivity index is 1.59. The SMILES string of the molecule is [C-]#[N+]C(C)(CCC(=O)NCCOCSSc1ccccn1)SC(=S)c1ccccc1. The van der Waals surface area contributed by atoms with E-state index in [0.29, 0.717) is 29.7 Å². The molecule has 30 heavy (non-hydrogen) atoms. The van der Waals surface area contributed by atoms with Crippen molar-refractivity contribution in [2.45, 2.75) is 29.7 Å². The molecule has 0 saturated heterocycles. The number of hydrogen-bond donors (Lipinski definition) is 1. The number of rotatable bonds is 12. The quantitative estimate of drug-likeness (QED) is 0.144. The van der Waals surface area contributed by atoms with Crippen molar-refractivity contribution >= 4 is 55.7 Å². The molecule has 158 valence electrons. The van der Waals surface area contributed by atoms with E-state index < -0.39 is 4.87 Å². The van der Waals surface area contributed by atoms with Gasteiger partial charge >= 0.3 is 0 Å². The maximum atomic E-state index is 12.1. The summed E-state index contributed by atoms with van der Waals surface area (Å²) in [7, 11) is 3.11. The lowest BCUT2D eigenvalue weighted by Gasteiger charge is -2.17. The van der Waals surface area contributed by atoms with Gasteiger partial charge in [-0.3, -0.25) is 9.64 Å². The van der Waals surface area contributed by atoms with E-state index in [2.05, 4.69) is 15.1 Å². The van der Waals surface area contributed by atoms with Gasteiger partial charge in [-0.25, -0.2) is 11.6 Å². The number of pyridine rings is 1. The highest BCUT2D eigenvalue weighted by molar-refractivity contribution is 8.76. The Morgan fingerprint density at radius 1 is 1.27 bits per heavy atom. The van der Waals surface area contributed by atoms with E-state index in [4.69, 9.17) is 23.5 Å². The number of carbonyl (C=O) groups is 1. The number of ether oxygens (including phenoxy) is 1. The van der Waals surface area contributed by atoms with Crippen LogP contribution in [-0.2, 0) is 9.53 Å². The molecule has 1 aromatic carbocycles. The first kappa shape index (κ1) is 24.7. The van der Waals surface area contributed by atoms with Crippen LogP contribution in [-0.4, -0.2) is 39.0 Å². The summed E-state index contributed by atoms with van der Waals surface area (Å²) in [5.41, 5.74) is 0.924. The number of hydrogen-bond acceptors (Lipinski definition) is 7. The number of carbonyl (C=O) groups excluding carboxylic acids is 1. The summed E-state index contributed by atoms with van der Waals surface area (Å²) >= 11 is 6.80. The molecule has 1 aromatic heterocycles. The number of thioether (sulfide) groups is 1. The number of thiocarbonyl (C=S) groups is 1. The van der Waals surface area contributed by atoms with Crippen LogP contribution in [0.2, 0.25) is 0 Å². The van der Waals surface area contributed by atoms with Crippen LogP contribution in [0.25, 0.3) is 4.85 Å². The third kappa shape index (κ3) is 9.49. The second-order valence-corrected chi connectivity index (χ2v) is 10.7. The Morgan fingerprint density at radius 2 is 2.03 bits per heavy atom. The third-order valence-corrected chi connectivity index (χ3v) is 7.45. The Bertz CT molecular complexity index is 846. The summed E-state index contributed by atoms with van der Waals surface area (Å²) in [6.07, 6.45) is 2.46. The topological polar surface area (TPSA) is 55.6 Å². The smallest absolute Gasteiger partial charge is 0.280 e. The van der Waals surface area contributed by atoms with Crippen molar-refractivity contribution in [3.63, 3.8) is 0 Å². The monoisotopic (exact) mass is 477 g/mol. The van der Waals surface area contributed by atoms with Crippen LogP contribution in [0.4, 0.5) is 0 Å². The van der Waals surface area contributed by atoms with Crippen molar-refractivity contribution in [3.05, 3.63) is 71.7 Å². The van der Waals surface area contributed by atoms with Crippen LogP contribution in [0, 0.1) is 6.57 Å². The summed E-state index contributed by atoms with van der Waals surface area (Å²) in [4.78, 5) is 19.3. The predicted octanol–water partition coefficient (Wildman–Crippen LogP) is 5.44. The van der Waals surface area contributed by atoms with E-state index in [1.165, 1.54) is 11.8 Å². The highest BCUT2D eigenvalue weighted by Gasteiger charge is 2.33. The van der Waals surface area contributed by atoms with Gasteiger partial charge in [-0.1, -0.05) is 59.4 Å². The molecule has 0 bridgehead atoms. The molecule has 0 fully saturated rings. The molecule has 1 atom stereocenters. The minimum absolute atomic E-state index is 0.0878. The maximum absolute atomic E-state index is 12.1. The van der Waals surface area contributed by atoms with Crippen LogP contribution in [0.3, 0.4) is 0 Å². The molecule has 2 rings (SSSR count). The number of amides is 1. The molecule has 0 aliphatic heterocycles. The van der Waals surface area contributed by atoms with E-state index >= 15 is 0 Å².